The van der Waals surface area contributed by atoms with E-state index >= 15 is 0 Å². The third-order valence-electron chi connectivity index (χ3n) is 4.71. The smallest absolute Gasteiger partial charge is 0.255 e. The van der Waals surface area contributed by atoms with Crippen molar-refractivity contribution in [1.82, 2.24) is 25.2 Å². The van der Waals surface area contributed by atoms with Crippen LogP contribution < -0.4 is 5.32 Å². The van der Waals surface area contributed by atoms with Gasteiger partial charge in [0.15, 0.2) is 5.82 Å². The fourth-order valence-corrected chi connectivity index (χ4v) is 3.18. The molecule has 0 aliphatic rings. The predicted molar refractivity (Wildman–Crippen MR) is 113 cm³/mol. The van der Waals surface area contributed by atoms with Crippen LogP contribution in [0, 0.1) is 13.8 Å². The maximum atomic E-state index is 12.9. The molecule has 0 unspecified atom stereocenters. The van der Waals surface area contributed by atoms with Gasteiger partial charge in [0.25, 0.3) is 5.91 Å². The molecule has 2 heterocycles. The number of amides is 1. The maximum Gasteiger partial charge on any atom is 0.255 e. The molecule has 0 radical (unpaired) electrons. The van der Waals surface area contributed by atoms with Gasteiger partial charge in [-0.25, -0.2) is 0 Å². The normalized spacial score (nSPS) is 10.9. The average Bonchev–Trinajstić information content (AvgIpc) is 3.35. The van der Waals surface area contributed by atoms with Crippen molar-refractivity contribution < 1.29 is 9.32 Å². The third kappa shape index (κ3) is 4.63. The minimum Gasteiger partial charge on any atom is -0.351 e. The van der Waals surface area contributed by atoms with E-state index in [1.54, 1.807) is 17.8 Å². The summed E-state index contributed by atoms with van der Waals surface area (Å²) >= 11 is 0. The van der Waals surface area contributed by atoms with Gasteiger partial charge in [-0.05, 0) is 19.4 Å². The molecule has 7 heteroatoms. The Bertz CT molecular complexity index is 1130. The van der Waals surface area contributed by atoms with E-state index in [1.807, 2.05) is 61.5 Å². The molecule has 30 heavy (non-hydrogen) atoms. The first-order chi connectivity index (χ1) is 14.6. The van der Waals surface area contributed by atoms with Crippen molar-refractivity contribution >= 4 is 5.91 Å². The lowest BCUT2D eigenvalue weighted by atomic mass is 10.1. The summed E-state index contributed by atoms with van der Waals surface area (Å²) < 4.78 is 6.90. The highest BCUT2D eigenvalue weighted by Crippen LogP contribution is 2.23. The van der Waals surface area contributed by atoms with Crippen LogP contribution in [0.25, 0.3) is 11.3 Å². The van der Waals surface area contributed by atoms with Crippen LogP contribution >= 0.6 is 0 Å². The number of hydrogen-bond acceptors (Lipinski definition) is 5. The summed E-state index contributed by atoms with van der Waals surface area (Å²) in [6.07, 6.45) is 2.28. The van der Waals surface area contributed by atoms with Crippen LogP contribution in [-0.4, -0.2) is 32.4 Å². The molecule has 0 saturated heterocycles. The minimum atomic E-state index is -0.180. The highest BCUT2D eigenvalue weighted by atomic mass is 16.5. The molecule has 4 rings (SSSR count). The molecule has 2 aromatic heterocycles. The van der Waals surface area contributed by atoms with Gasteiger partial charge in [0.1, 0.15) is 5.69 Å². The van der Waals surface area contributed by atoms with E-state index in [2.05, 4.69) is 15.5 Å². The Morgan fingerprint density at radius 1 is 1.07 bits per heavy atom. The number of aromatic nitrogens is 4. The van der Waals surface area contributed by atoms with E-state index in [0.29, 0.717) is 42.5 Å². The molecule has 0 spiro atoms. The monoisotopic (exact) mass is 401 g/mol. The molecule has 1 amide bonds. The second-order valence-corrected chi connectivity index (χ2v) is 7.18. The molecule has 0 aliphatic carbocycles. The summed E-state index contributed by atoms with van der Waals surface area (Å²) in [7, 11) is 0. The van der Waals surface area contributed by atoms with Gasteiger partial charge in [-0.1, -0.05) is 65.3 Å². The minimum absolute atomic E-state index is 0.180. The standard InChI is InChI=1S/C23H23N5O2/c1-16-8-10-19(11-9-16)22-20(15-28(26-22)14-18-6-4-3-5-7-18)23(29)24-13-12-21-25-17(2)27-30-21/h3-11,15H,12-14H2,1-2H3,(H,24,29). The molecule has 7 nitrogen and oxygen atoms in total. The summed E-state index contributed by atoms with van der Waals surface area (Å²) in [5.74, 6) is 0.910. The molecule has 0 bridgehead atoms. The predicted octanol–water partition coefficient (Wildman–Crippen LogP) is 3.57. The number of rotatable bonds is 7. The van der Waals surface area contributed by atoms with Gasteiger partial charge < -0.3 is 9.84 Å². The fourth-order valence-electron chi connectivity index (χ4n) is 3.18. The Balaban J connectivity index is 1.55. The maximum absolute atomic E-state index is 12.9. The van der Waals surface area contributed by atoms with Gasteiger partial charge in [-0.15, -0.1) is 0 Å². The fraction of sp³-hybridized carbons (Fsp3) is 0.217. The van der Waals surface area contributed by atoms with Gasteiger partial charge in [0.05, 0.1) is 12.1 Å². The summed E-state index contributed by atoms with van der Waals surface area (Å²) in [4.78, 5) is 17.1. The average molecular weight is 401 g/mol. The molecule has 0 fully saturated rings. The van der Waals surface area contributed by atoms with Crippen molar-refractivity contribution in [2.45, 2.75) is 26.8 Å². The highest BCUT2D eigenvalue weighted by Gasteiger charge is 2.18. The van der Waals surface area contributed by atoms with E-state index in [-0.39, 0.29) is 5.91 Å². The molecule has 0 saturated carbocycles. The van der Waals surface area contributed by atoms with Crippen molar-refractivity contribution in [3.63, 3.8) is 0 Å². The highest BCUT2D eigenvalue weighted by molar-refractivity contribution is 5.99. The summed E-state index contributed by atoms with van der Waals surface area (Å²) in [5.41, 5.74) is 4.39. The first kappa shape index (κ1) is 19.6. The molecule has 152 valence electrons. The molecule has 4 aromatic rings. The van der Waals surface area contributed by atoms with E-state index < -0.39 is 0 Å². The van der Waals surface area contributed by atoms with Crippen LogP contribution in [0.4, 0.5) is 0 Å². The molecule has 0 atom stereocenters. The molecule has 1 N–H and O–H groups in total. The van der Waals surface area contributed by atoms with Gasteiger partial charge in [-0.3, -0.25) is 9.48 Å². The van der Waals surface area contributed by atoms with E-state index in [4.69, 9.17) is 9.62 Å². The van der Waals surface area contributed by atoms with Crippen molar-refractivity contribution in [3.05, 3.63) is 89.2 Å². The van der Waals surface area contributed by atoms with Crippen molar-refractivity contribution in [1.29, 1.82) is 0 Å². The number of carbonyl (C=O) groups excluding carboxylic acids is 1. The Morgan fingerprint density at radius 2 is 1.83 bits per heavy atom. The van der Waals surface area contributed by atoms with Crippen molar-refractivity contribution in [3.8, 4) is 11.3 Å². The lowest BCUT2D eigenvalue weighted by Gasteiger charge is -2.04. The van der Waals surface area contributed by atoms with E-state index in [1.165, 1.54) is 0 Å². The number of hydrogen-bond donors (Lipinski definition) is 1. The SMILES string of the molecule is Cc1ccc(-c2nn(Cc3ccccc3)cc2C(=O)NCCc2nc(C)no2)cc1. The topological polar surface area (TPSA) is 85.8 Å². The second-order valence-electron chi connectivity index (χ2n) is 7.18. The van der Waals surface area contributed by atoms with Crippen LogP contribution in [0.2, 0.25) is 0 Å². The van der Waals surface area contributed by atoms with E-state index in [9.17, 15) is 4.79 Å². The summed E-state index contributed by atoms with van der Waals surface area (Å²) in [6, 6.07) is 18.1. The Morgan fingerprint density at radius 3 is 2.53 bits per heavy atom. The quantitative estimate of drug-likeness (QED) is 0.512. The lowest BCUT2D eigenvalue weighted by molar-refractivity contribution is 0.0954. The van der Waals surface area contributed by atoms with Gasteiger partial charge >= 0.3 is 0 Å². The molecule has 2 aromatic carbocycles. The van der Waals surface area contributed by atoms with Crippen molar-refractivity contribution in [2.24, 2.45) is 0 Å². The largest absolute Gasteiger partial charge is 0.351 e. The molecular formula is C23H23N5O2. The second kappa shape index (κ2) is 8.73. The Labute approximate surface area is 174 Å². The number of nitrogens with one attached hydrogen (secondary N) is 1. The summed E-state index contributed by atoms with van der Waals surface area (Å²) in [6.45, 7) is 4.79. The van der Waals surface area contributed by atoms with Crippen LogP contribution in [0.1, 0.15) is 33.2 Å². The third-order valence-corrected chi connectivity index (χ3v) is 4.71. The summed E-state index contributed by atoms with van der Waals surface area (Å²) in [5, 5.41) is 11.4. The lowest BCUT2D eigenvalue weighted by Crippen LogP contribution is -2.26. The van der Waals surface area contributed by atoms with E-state index in [0.717, 1.165) is 16.7 Å². The van der Waals surface area contributed by atoms with Gasteiger partial charge in [0, 0.05) is 24.7 Å². The van der Waals surface area contributed by atoms with Crippen LogP contribution in [0.3, 0.4) is 0 Å². The van der Waals surface area contributed by atoms with Gasteiger partial charge in [0.2, 0.25) is 5.89 Å². The number of aryl methyl sites for hydroxylation is 2. The van der Waals surface area contributed by atoms with Gasteiger partial charge in [-0.2, -0.15) is 10.1 Å². The molecule has 0 aliphatic heterocycles. The number of benzene rings is 2. The first-order valence-corrected chi connectivity index (χ1v) is 9.84. The Hall–Kier alpha value is -3.74. The zero-order valence-corrected chi connectivity index (χ0v) is 17.0. The van der Waals surface area contributed by atoms with Crippen LogP contribution in [0.5, 0.6) is 0 Å². The molecular weight excluding hydrogens is 378 g/mol. The number of carbonyl (C=O) groups is 1. The number of nitrogens with zero attached hydrogens (tertiary/aromatic N) is 4. The zero-order chi connectivity index (χ0) is 20.9. The zero-order valence-electron chi connectivity index (χ0n) is 17.0. The van der Waals surface area contributed by atoms with Crippen molar-refractivity contribution in [2.75, 3.05) is 6.54 Å². The Kier molecular flexibility index (Phi) is 5.70. The van der Waals surface area contributed by atoms with Crippen LogP contribution in [-0.2, 0) is 13.0 Å². The first-order valence-electron chi connectivity index (χ1n) is 9.84. The van der Waals surface area contributed by atoms with Crippen LogP contribution in [0.15, 0.2) is 65.3 Å².